The van der Waals surface area contributed by atoms with E-state index in [0.29, 0.717) is 6.17 Å². The number of quaternary nitrogens is 2. The average Bonchev–Trinajstić information content (AvgIpc) is 1.35. The first-order chi connectivity index (χ1) is 2.77. The third-order valence-electron chi connectivity index (χ3n) is 0.697. The molecule has 0 amide bonds. The van der Waals surface area contributed by atoms with E-state index < -0.39 is 0 Å². The van der Waals surface area contributed by atoms with E-state index in [1.54, 1.807) is 0 Å². The van der Waals surface area contributed by atoms with Gasteiger partial charge < -0.3 is 155 Å². The van der Waals surface area contributed by atoms with E-state index in [1.807, 2.05) is 0 Å². The molecule has 0 saturated heterocycles. The van der Waals surface area contributed by atoms with Gasteiger partial charge in [0.15, 0.2) is 0 Å². The SMILES string of the molecule is CCCC([NH3+])[NH3+].[I-].[I-].[I-].[I-].[I-].[I-].[Sn+4]. The second-order valence-corrected chi connectivity index (χ2v) is 1.65. The Morgan fingerprint density at radius 1 is 0.846 bits per heavy atom. The fourth-order valence-corrected chi connectivity index (χ4v) is 0.408. The van der Waals surface area contributed by atoms with Crippen LogP contribution in [0.5, 0.6) is 0 Å². The third kappa shape index (κ3) is 59.4. The van der Waals surface area contributed by atoms with Crippen LogP contribution in [0.4, 0.5) is 0 Å². The van der Waals surface area contributed by atoms with Crippen molar-refractivity contribution < 1.29 is 155 Å². The van der Waals surface area contributed by atoms with E-state index in [0.717, 1.165) is 6.42 Å². The van der Waals surface area contributed by atoms with Crippen molar-refractivity contribution in [1.82, 2.24) is 0 Å². The predicted molar refractivity (Wildman–Crippen MR) is 30.2 cm³/mol. The molecule has 0 aromatic rings. The Morgan fingerprint density at radius 3 is 1.08 bits per heavy atom. The number of hydrogen-bond donors (Lipinski definition) is 2. The maximum atomic E-state index is 3.72. The zero-order valence-electron chi connectivity index (χ0n) is 7.17. The van der Waals surface area contributed by atoms with Gasteiger partial charge in [-0.2, -0.15) is 0 Å². The molecule has 13 heavy (non-hydrogen) atoms. The van der Waals surface area contributed by atoms with Gasteiger partial charge in [0.1, 0.15) is 0 Å². The predicted octanol–water partition coefficient (Wildman–Crippen LogP) is -19.8. The summed E-state index contributed by atoms with van der Waals surface area (Å²) >= 11 is 0. The summed E-state index contributed by atoms with van der Waals surface area (Å²) in [6.07, 6.45) is 2.76. The summed E-state index contributed by atoms with van der Waals surface area (Å²) in [4.78, 5) is 0. The van der Waals surface area contributed by atoms with E-state index in [-0.39, 0.29) is 168 Å². The summed E-state index contributed by atoms with van der Waals surface area (Å²) in [6.45, 7) is 2.14. The number of halogens is 6. The Hall–Kier alpha value is 5.10. The van der Waals surface area contributed by atoms with Crippen molar-refractivity contribution in [2.24, 2.45) is 0 Å². The van der Waals surface area contributed by atoms with Crippen LogP contribution < -0.4 is 155 Å². The molecule has 9 heteroatoms. The van der Waals surface area contributed by atoms with Gasteiger partial charge in [0.2, 0.25) is 6.17 Å². The molecule has 0 heterocycles. The summed E-state index contributed by atoms with van der Waals surface area (Å²) in [5, 5.41) is 0. The molecule has 0 unspecified atom stereocenters. The minimum absolute atomic E-state index is 0. The van der Waals surface area contributed by atoms with E-state index in [1.165, 1.54) is 6.42 Å². The van der Waals surface area contributed by atoms with Crippen molar-refractivity contribution in [2.45, 2.75) is 25.9 Å². The maximum absolute atomic E-state index is 3.72. The molecule has 0 aromatic heterocycles. The fourth-order valence-electron chi connectivity index (χ4n) is 0.408. The first-order valence-electron chi connectivity index (χ1n) is 2.43. The molecule has 0 radical (unpaired) electrons. The van der Waals surface area contributed by atoms with Gasteiger partial charge in [-0.1, -0.05) is 6.92 Å². The van der Waals surface area contributed by atoms with Gasteiger partial charge in [-0.15, -0.1) is 0 Å². The molecular weight excluding hydrogens is 956 g/mol. The zero-order valence-corrected chi connectivity index (χ0v) is 23.0. The van der Waals surface area contributed by atoms with Gasteiger partial charge in [0.05, 0.1) is 6.42 Å². The van der Waals surface area contributed by atoms with Crippen LogP contribution in [-0.4, -0.2) is 30.1 Å². The normalized spacial score (nSPS) is 4.62. The Labute approximate surface area is 200 Å². The smallest absolute Gasteiger partial charge is 1.00 e. The summed E-state index contributed by atoms with van der Waals surface area (Å²) in [7, 11) is 0. The van der Waals surface area contributed by atoms with Crippen LogP contribution in [0.15, 0.2) is 0 Å². The van der Waals surface area contributed by atoms with Crippen LogP contribution in [0, 0.1) is 0 Å². The second kappa shape index (κ2) is 43.5. The van der Waals surface area contributed by atoms with Gasteiger partial charge in [0.25, 0.3) is 0 Å². The largest absolute Gasteiger partial charge is 4.00 e. The maximum Gasteiger partial charge on any atom is 4.00 e. The van der Waals surface area contributed by atoms with Gasteiger partial charge in [-0.05, 0) is 6.42 Å². The van der Waals surface area contributed by atoms with Crippen LogP contribution in [0.1, 0.15) is 19.8 Å². The third-order valence-corrected chi connectivity index (χ3v) is 0.697. The monoisotopic (exact) mass is 971 g/mol. The molecule has 0 fully saturated rings. The molecular formula is C4H14I6N2Sn. The second-order valence-electron chi connectivity index (χ2n) is 1.65. The van der Waals surface area contributed by atoms with Crippen LogP contribution in [0.25, 0.3) is 0 Å². The molecule has 0 aliphatic rings. The van der Waals surface area contributed by atoms with Crippen LogP contribution in [-0.2, 0) is 0 Å². The molecule has 2 nitrogen and oxygen atoms in total. The molecule has 0 bridgehead atoms. The topological polar surface area (TPSA) is 55.3 Å². The first kappa shape index (κ1) is 51.9. The molecule has 0 aliphatic carbocycles. The van der Waals surface area contributed by atoms with E-state index in [9.17, 15) is 0 Å². The molecule has 0 aromatic carbocycles. The van der Waals surface area contributed by atoms with Gasteiger partial charge in [-0.25, -0.2) is 0 Å². The average molecular weight is 970 g/mol. The Balaban J connectivity index is -0.00000000595. The first-order valence-corrected chi connectivity index (χ1v) is 2.43. The summed E-state index contributed by atoms with van der Waals surface area (Å²) in [5.74, 6) is 0. The van der Waals surface area contributed by atoms with Crippen LogP contribution in [0.2, 0.25) is 0 Å². The van der Waals surface area contributed by atoms with E-state index in [4.69, 9.17) is 0 Å². The van der Waals surface area contributed by atoms with E-state index in [2.05, 4.69) is 18.4 Å². The van der Waals surface area contributed by atoms with Gasteiger partial charge in [0, 0.05) is 0 Å². The molecule has 0 rings (SSSR count). The van der Waals surface area contributed by atoms with Gasteiger partial charge in [-0.3, -0.25) is 0 Å². The molecule has 6 N–H and O–H groups in total. The van der Waals surface area contributed by atoms with Crippen molar-refractivity contribution in [3.05, 3.63) is 0 Å². The minimum Gasteiger partial charge on any atom is -1.00 e. The Morgan fingerprint density at radius 2 is 1.08 bits per heavy atom. The summed E-state index contributed by atoms with van der Waals surface area (Å²) in [5.41, 5.74) is 7.43. The molecule has 86 valence electrons. The molecule has 0 spiro atoms. The quantitative estimate of drug-likeness (QED) is 0.157. The van der Waals surface area contributed by atoms with Crippen LogP contribution >= 0.6 is 0 Å². The minimum atomic E-state index is 0. The number of hydrogen-bond acceptors (Lipinski definition) is 0. The summed E-state index contributed by atoms with van der Waals surface area (Å²) < 4.78 is 0. The number of rotatable bonds is 2. The van der Waals surface area contributed by atoms with Crippen molar-refractivity contribution in [1.29, 1.82) is 0 Å². The standard InChI is InChI=1S/C4H12N2.6HI.Sn/c1-2-3-4(5)6;;;;;;;/h4H,2-3,5-6H2,1H3;6*1H;/q;;;;;;;+4/p-4. The van der Waals surface area contributed by atoms with Gasteiger partial charge >= 0.3 is 23.9 Å². The van der Waals surface area contributed by atoms with E-state index >= 15 is 0 Å². The van der Waals surface area contributed by atoms with Crippen LogP contribution in [0.3, 0.4) is 0 Å². The Kier molecular flexibility index (Phi) is 173. The molecule has 0 saturated carbocycles. The van der Waals surface area contributed by atoms with Crippen molar-refractivity contribution in [2.75, 3.05) is 0 Å². The van der Waals surface area contributed by atoms with Crippen molar-refractivity contribution >= 4 is 23.9 Å². The zero-order chi connectivity index (χ0) is 4.99. The Bertz CT molecular complexity index is 43.8. The summed E-state index contributed by atoms with van der Waals surface area (Å²) in [6, 6.07) is 0. The van der Waals surface area contributed by atoms with Crippen molar-refractivity contribution in [3.63, 3.8) is 0 Å². The molecule has 0 aliphatic heterocycles. The van der Waals surface area contributed by atoms with Crippen molar-refractivity contribution in [3.8, 4) is 0 Å². The molecule has 0 atom stereocenters. The fraction of sp³-hybridized carbons (Fsp3) is 1.00.